The Hall–Kier alpha value is -2.29. The van der Waals surface area contributed by atoms with Crippen LogP contribution in [0.15, 0.2) is 11.6 Å². The summed E-state index contributed by atoms with van der Waals surface area (Å²) in [6.07, 6.45) is 4.54. The van der Waals surface area contributed by atoms with E-state index >= 15 is 0 Å². The largest absolute Gasteiger partial charge is 0.325 e. The van der Waals surface area contributed by atoms with Gasteiger partial charge in [-0.2, -0.15) is 0 Å². The molecule has 0 spiro atoms. The van der Waals surface area contributed by atoms with Crippen molar-refractivity contribution < 1.29 is 9.59 Å². The number of carbonyl (C=O) groups is 2. The van der Waals surface area contributed by atoms with Crippen molar-refractivity contribution in [2.24, 2.45) is 0 Å². The van der Waals surface area contributed by atoms with Crippen molar-refractivity contribution in [1.29, 1.82) is 0 Å². The lowest BCUT2D eigenvalue weighted by molar-refractivity contribution is -0.127. The Morgan fingerprint density at radius 3 is 2.80 bits per heavy atom. The Balaban J connectivity index is 1.41. The van der Waals surface area contributed by atoms with Crippen LogP contribution in [0.4, 0.5) is 4.79 Å². The van der Waals surface area contributed by atoms with E-state index in [1.54, 1.807) is 16.0 Å². The number of hydrogen-bond donors (Lipinski definition) is 1. The number of nitrogens with zero attached hydrogens (tertiary/aromatic N) is 5. The molecule has 8 nitrogen and oxygen atoms in total. The van der Waals surface area contributed by atoms with Gasteiger partial charge in [-0.1, -0.05) is 5.21 Å². The fraction of sp³-hybridized carbons (Fsp3) is 0.562. The zero-order valence-electron chi connectivity index (χ0n) is 14.2. The number of aromatic nitrogens is 4. The van der Waals surface area contributed by atoms with Gasteiger partial charge >= 0.3 is 6.03 Å². The quantitative estimate of drug-likeness (QED) is 0.794. The summed E-state index contributed by atoms with van der Waals surface area (Å²) < 4.78 is 1.74. The third kappa shape index (κ3) is 3.28. The molecule has 0 radical (unpaired) electrons. The average Bonchev–Trinajstić information content (AvgIpc) is 3.03. The van der Waals surface area contributed by atoms with Crippen LogP contribution in [0.2, 0.25) is 0 Å². The molecule has 1 saturated heterocycles. The average molecular weight is 360 g/mol. The highest BCUT2D eigenvalue weighted by atomic mass is 32.1. The fourth-order valence-electron chi connectivity index (χ4n) is 2.81. The van der Waals surface area contributed by atoms with Gasteiger partial charge in [0.1, 0.15) is 6.04 Å². The van der Waals surface area contributed by atoms with Crippen LogP contribution in [0.25, 0.3) is 0 Å². The summed E-state index contributed by atoms with van der Waals surface area (Å²) in [5.74, 6) is 0.350. The lowest BCUT2D eigenvalue weighted by Crippen LogP contribution is -2.32. The molecule has 9 heteroatoms. The number of amides is 3. The Kier molecular flexibility index (Phi) is 4.03. The summed E-state index contributed by atoms with van der Waals surface area (Å²) in [5, 5.41) is 13.9. The summed E-state index contributed by atoms with van der Waals surface area (Å²) in [4.78, 5) is 30.6. The molecule has 132 valence electrons. The van der Waals surface area contributed by atoms with E-state index in [2.05, 4.69) is 20.6 Å². The second-order valence-electron chi connectivity index (χ2n) is 6.87. The Bertz CT molecular complexity index is 809. The molecule has 1 aliphatic carbocycles. The normalized spacial score (nSPS) is 20.6. The Labute approximate surface area is 149 Å². The monoisotopic (exact) mass is 360 g/mol. The highest BCUT2D eigenvalue weighted by Crippen LogP contribution is 2.41. The maximum absolute atomic E-state index is 12.6. The zero-order valence-corrected chi connectivity index (χ0v) is 15.0. The van der Waals surface area contributed by atoms with E-state index in [4.69, 9.17) is 0 Å². The molecule has 1 atom stereocenters. The predicted octanol–water partition coefficient (Wildman–Crippen LogP) is 1.86. The third-order valence-corrected chi connectivity index (χ3v) is 5.48. The van der Waals surface area contributed by atoms with Gasteiger partial charge < -0.3 is 5.32 Å². The standard InChI is InChI=1S/C16H20N6O2S/c1-9(2)22-7-11(19-20-22)5-13-15(23)21(16(24)18-13)6-12-8-25-14(17-12)10-3-4-10/h7-10,13H,3-6H2,1-2H3,(H,18,24)/t13-/m1/s1. The summed E-state index contributed by atoms with van der Waals surface area (Å²) in [5.41, 5.74) is 1.47. The van der Waals surface area contributed by atoms with E-state index in [0.717, 1.165) is 10.7 Å². The van der Waals surface area contributed by atoms with Crippen LogP contribution in [-0.4, -0.2) is 42.9 Å². The first-order valence-corrected chi connectivity index (χ1v) is 9.36. The lowest BCUT2D eigenvalue weighted by atomic mass is 10.1. The van der Waals surface area contributed by atoms with Crippen molar-refractivity contribution in [2.75, 3.05) is 0 Å². The van der Waals surface area contributed by atoms with Gasteiger partial charge in [-0.05, 0) is 26.7 Å². The fourth-order valence-corrected chi connectivity index (χ4v) is 3.79. The van der Waals surface area contributed by atoms with Gasteiger partial charge in [0.2, 0.25) is 0 Å². The molecule has 3 amide bonds. The van der Waals surface area contributed by atoms with Gasteiger partial charge in [-0.3, -0.25) is 9.69 Å². The molecule has 25 heavy (non-hydrogen) atoms. The SMILES string of the molecule is CC(C)n1cc(C[C@H]2NC(=O)N(Cc3csc(C4CC4)n3)C2=O)nn1. The summed E-state index contributed by atoms with van der Waals surface area (Å²) in [6, 6.07) is -0.754. The van der Waals surface area contributed by atoms with Crippen molar-refractivity contribution in [3.8, 4) is 0 Å². The van der Waals surface area contributed by atoms with Crippen molar-refractivity contribution >= 4 is 23.3 Å². The molecule has 0 aromatic carbocycles. The Morgan fingerprint density at radius 1 is 1.32 bits per heavy atom. The number of rotatable bonds is 6. The topological polar surface area (TPSA) is 93.0 Å². The molecule has 0 bridgehead atoms. The van der Waals surface area contributed by atoms with Gasteiger partial charge in [0, 0.05) is 30.0 Å². The summed E-state index contributed by atoms with van der Waals surface area (Å²) in [7, 11) is 0. The molecule has 2 aromatic heterocycles. The van der Waals surface area contributed by atoms with Gasteiger partial charge in [0.05, 0.1) is 22.9 Å². The minimum Gasteiger partial charge on any atom is -0.325 e. The van der Waals surface area contributed by atoms with Gasteiger partial charge in [0.25, 0.3) is 5.91 Å². The predicted molar refractivity (Wildman–Crippen MR) is 91.1 cm³/mol. The van der Waals surface area contributed by atoms with E-state index < -0.39 is 6.04 Å². The summed E-state index contributed by atoms with van der Waals surface area (Å²) >= 11 is 1.61. The molecular weight excluding hydrogens is 340 g/mol. The molecule has 2 aliphatic rings. The molecule has 1 saturated carbocycles. The van der Waals surface area contributed by atoms with Crippen molar-refractivity contribution in [2.45, 2.75) is 57.7 Å². The first-order chi connectivity index (χ1) is 12.0. The third-order valence-electron chi connectivity index (χ3n) is 4.42. The number of urea groups is 1. The molecular formula is C16H20N6O2S. The van der Waals surface area contributed by atoms with E-state index in [9.17, 15) is 9.59 Å². The molecule has 2 fully saturated rings. The van der Waals surface area contributed by atoms with E-state index in [0.29, 0.717) is 18.0 Å². The van der Waals surface area contributed by atoms with E-state index in [1.165, 1.54) is 17.7 Å². The maximum atomic E-state index is 12.6. The molecule has 4 rings (SSSR count). The van der Waals surface area contributed by atoms with Gasteiger partial charge in [-0.25, -0.2) is 14.5 Å². The van der Waals surface area contributed by atoms with Crippen LogP contribution in [0, 0.1) is 0 Å². The van der Waals surface area contributed by atoms with Crippen molar-refractivity contribution in [1.82, 2.24) is 30.2 Å². The van der Waals surface area contributed by atoms with Crippen LogP contribution in [-0.2, 0) is 17.8 Å². The van der Waals surface area contributed by atoms with Crippen molar-refractivity contribution in [3.63, 3.8) is 0 Å². The van der Waals surface area contributed by atoms with Crippen molar-refractivity contribution in [3.05, 3.63) is 28.0 Å². The van der Waals surface area contributed by atoms with Crippen LogP contribution < -0.4 is 5.32 Å². The van der Waals surface area contributed by atoms with Gasteiger partial charge in [0.15, 0.2) is 0 Å². The second-order valence-corrected chi connectivity index (χ2v) is 7.76. The minimum absolute atomic E-state index is 0.206. The lowest BCUT2D eigenvalue weighted by Gasteiger charge is -2.10. The molecule has 0 unspecified atom stereocenters. The van der Waals surface area contributed by atoms with E-state index in [-0.39, 0.29) is 24.5 Å². The van der Waals surface area contributed by atoms with Crippen LogP contribution in [0.3, 0.4) is 0 Å². The highest BCUT2D eigenvalue weighted by Gasteiger charge is 2.39. The van der Waals surface area contributed by atoms with Crippen LogP contribution in [0.1, 0.15) is 55.0 Å². The van der Waals surface area contributed by atoms with Crippen LogP contribution in [0.5, 0.6) is 0 Å². The highest BCUT2D eigenvalue weighted by molar-refractivity contribution is 7.09. The number of thiazole rings is 1. The first kappa shape index (κ1) is 16.2. The number of imide groups is 1. The second kappa shape index (κ2) is 6.21. The van der Waals surface area contributed by atoms with Gasteiger partial charge in [-0.15, -0.1) is 16.4 Å². The zero-order chi connectivity index (χ0) is 17.6. The molecule has 2 aromatic rings. The molecule has 1 aliphatic heterocycles. The maximum Gasteiger partial charge on any atom is 0.325 e. The first-order valence-electron chi connectivity index (χ1n) is 8.48. The summed E-state index contributed by atoms with van der Waals surface area (Å²) in [6.45, 7) is 4.24. The number of nitrogens with one attached hydrogen (secondary N) is 1. The minimum atomic E-state index is -0.591. The number of hydrogen-bond acceptors (Lipinski definition) is 6. The number of carbonyl (C=O) groups excluding carboxylic acids is 2. The van der Waals surface area contributed by atoms with Crippen LogP contribution >= 0.6 is 11.3 Å². The molecule has 1 N–H and O–H groups in total. The molecule has 3 heterocycles. The van der Waals surface area contributed by atoms with E-state index in [1.807, 2.05) is 25.4 Å². The smallest absolute Gasteiger partial charge is 0.325 e. The Morgan fingerprint density at radius 2 is 2.12 bits per heavy atom.